The Morgan fingerprint density at radius 1 is 1.15 bits per heavy atom. The third kappa shape index (κ3) is 5.24. The monoisotopic (exact) mass is 362 g/mol. The summed E-state index contributed by atoms with van der Waals surface area (Å²) < 4.78 is 5.48. The van der Waals surface area contributed by atoms with E-state index in [0.717, 1.165) is 47.8 Å². The van der Waals surface area contributed by atoms with Crippen molar-refractivity contribution in [1.82, 2.24) is 9.97 Å². The van der Waals surface area contributed by atoms with Crippen molar-refractivity contribution in [2.45, 2.75) is 44.9 Å². The first-order valence-corrected chi connectivity index (χ1v) is 9.55. The topological polar surface area (TPSA) is 77.0 Å². The zero-order valence-corrected chi connectivity index (χ0v) is 15.8. The van der Waals surface area contributed by atoms with Gasteiger partial charge in [-0.25, -0.2) is 4.99 Å². The average Bonchev–Trinajstić information content (AvgIpc) is 3.42. The number of nitrogens with zero attached hydrogens (tertiary/aromatic N) is 2. The molecule has 0 unspecified atom stereocenters. The van der Waals surface area contributed by atoms with E-state index < -0.39 is 0 Å². The highest BCUT2D eigenvalue weighted by molar-refractivity contribution is 6.11. The number of aromatic nitrogens is 2. The minimum Gasteiger partial charge on any atom is -0.494 e. The third-order valence-electron chi connectivity index (χ3n) is 4.65. The molecule has 5 nitrogen and oxygen atoms in total. The normalized spacial score (nSPS) is 14.9. The maximum absolute atomic E-state index is 8.54. The van der Waals surface area contributed by atoms with Crippen LogP contribution < -0.4 is 0 Å². The van der Waals surface area contributed by atoms with Crippen LogP contribution in [-0.2, 0) is 11.2 Å². The van der Waals surface area contributed by atoms with Gasteiger partial charge in [0.05, 0.1) is 24.6 Å². The molecule has 0 saturated carbocycles. The van der Waals surface area contributed by atoms with Crippen molar-refractivity contribution in [3.05, 3.63) is 65.1 Å². The van der Waals surface area contributed by atoms with E-state index >= 15 is 0 Å². The number of hydrogen-bond donors (Lipinski definition) is 2. The molecule has 0 aliphatic carbocycles. The molecule has 0 aromatic carbocycles. The molecular formula is C22H26N4O. The van der Waals surface area contributed by atoms with E-state index in [1.165, 1.54) is 25.0 Å². The number of ether oxygens (including phenoxy) is 1. The average molecular weight is 362 g/mol. The van der Waals surface area contributed by atoms with Gasteiger partial charge < -0.3 is 14.7 Å². The largest absolute Gasteiger partial charge is 0.494 e. The molecule has 0 fully saturated rings. The highest BCUT2D eigenvalue weighted by atomic mass is 16.5. The van der Waals surface area contributed by atoms with Crippen molar-refractivity contribution >= 4 is 11.8 Å². The molecule has 2 aromatic heterocycles. The minimum absolute atomic E-state index is 0.681. The third-order valence-corrected chi connectivity index (χ3v) is 4.65. The number of nitrogens with one attached hydrogen (secondary N) is 2. The van der Waals surface area contributed by atoms with Gasteiger partial charge in [-0.05, 0) is 49.6 Å². The number of nitriles is 1. The number of unbranched alkanes of at least 4 members (excludes halogenated alkanes) is 5. The predicted molar refractivity (Wildman–Crippen MR) is 108 cm³/mol. The highest BCUT2D eigenvalue weighted by Gasteiger charge is 2.17. The summed E-state index contributed by atoms with van der Waals surface area (Å²) in [7, 11) is 1.67. The maximum Gasteiger partial charge on any atom is 0.146 e. The van der Waals surface area contributed by atoms with E-state index in [-0.39, 0.29) is 0 Å². The summed E-state index contributed by atoms with van der Waals surface area (Å²) >= 11 is 0. The van der Waals surface area contributed by atoms with Gasteiger partial charge in [-0.1, -0.05) is 19.3 Å². The molecule has 1 aliphatic rings. The second-order valence-electron chi connectivity index (χ2n) is 6.69. The number of aromatic amines is 2. The fourth-order valence-electron chi connectivity index (χ4n) is 3.20. The number of hydrogen-bond acceptors (Lipinski definition) is 3. The highest BCUT2D eigenvalue weighted by Crippen LogP contribution is 2.24. The van der Waals surface area contributed by atoms with Crippen LogP contribution in [0.3, 0.4) is 0 Å². The molecule has 3 heterocycles. The Morgan fingerprint density at radius 3 is 2.78 bits per heavy atom. The van der Waals surface area contributed by atoms with Gasteiger partial charge in [0.1, 0.15) is 11.5 Å². The number of aryl methyl sites for hydroxylation is 1. The summed E-state index contributed by atoms with van der Waals surface area (Å²) in [5.74, 6) is 0.771. The van der Waals surface area contributed by atoms with E-state index in [4.69, 9.17) is 10.00 Å². The molecule has 0 spiro atoms. The quantitative estimate of drug-likeness (QED) is 0.575. The van der Waals surface area contributed by atoms with E-state index in [1.54, 1.807) is 7.11 Å². The van der Waals surface area contributed by atoms with Gasteiger partial charge in [-0.2, -0.15) is 5.26 Å². The van der Waals surface area contributed by atoms with E-state index in [1.807, 2.05) is 30.5 Å². The fourth-order valence-corrected chi connectivity index (χ4v) is 3.20. The first kappa shape index (κ1) is 18.8. The second-order valence-corrected chi connectivity index (χ2v) is 6.69. The number of H-pyrrole nitrogens is 2. The zero-order chi connectivity index (χ0) is 18.9. The van der Waals surface area contributed by atoms with Crippen molar-refractivity contribution in [1.29, 1.82) is 5.26 Å². The lowest BCUT2D eigenvalue weighted by molar-refractivity contribution is 0.303. The smallest absolute Gasteiger partial charge is 0.146 e. The molecule has 0 amide bonds. The number of methoxy groups -OCH3 is 1. The first-order chi connectivity index (χ1) is 13.3. The standard InChI is InChI=1S/C22H26N4O/c1-27-22-16-20(19-10-8-14-24-19)26-21(22)15-18-12-11-17(25-18)9-6-4-2-3-5-7-13-23/h8,10-12,14-16,24-25H,2-7,9H2,1H3/b21-15+. The van der Waals surface area contributed by atoms with E-state index in [2.05, 4.69) is 33.2 Å². The Morgan fingerprint density at radius 2 is 2.00 bits per heavy atom. The number of rotatable bonds is 10. The molecule has 5 heteroatoms. The molecule has 0 saturated heterocycles. The number of aliphatic imine (C=N–C) groups is 1. The molecule has 2 N–H and O–H groups in total. The summed E-state index contributed by atoms with van der Waals surface area (Å²) in [4.78, 5) is 11.3. The SMILES string of the molecule is COC1=CC(c2ccc[nH]2)=N/C1=C/c1ccc(CCCCCCCC#N)[nH]1. The molecule has 0 bridgehead atoms. The summed E-state index contributed by atoms with van der Waals surface area (Å²) in [6.45, 7) is 0. The van der Waals surface area contributed by atoms with Gasteiger partial charge in [-0.3, -0.25) is 0 Å². The van der Waals surface area contributed by atoms with Gasteiger partial charge >= 0.3 is 0 Å². The molecule has 1 aliphatic heterocycles. The predicted octanol–water partition coefficient (Wildman–Crippen LogP) is 5.12. The molecule has 27 heavy (non-hydrogen) atoms. The molecule has 140 valence electrons. The summed E-state index contributed by atoms with van der Waals surface area (Å²) in [5, 5.41) is 8.54. The number of allylic oxidation sites excluding steroid dienone is 1. The van der Waals surface area contributed by atoms with Gasteiger partial charge in [0.2, 0.25) is 0 Å². The van der Waals surface area contributed by atoms with Crippen LogP contribution in [0, 0.1) is 11.3 Å². The lowest BCUT2D eigenvalue weighted by Crippen LogP contribution is -1.93. The van der Waals surface area contributed by atoms with Crippen molar-refractivity contribution in [3.63, 3.8) is 0 Å². The summed E-state index contributed by atoms with van der Waals surface area (Å²) in [6.07, 6.45) is 13.4. The van der Waals surface area contributed by atoms with E-state index in [0.29, 0.717) is 6.42 Å². The first-order valence-electron chi connectivity index (χ1n) is 9.55. The minimum atomic E-state index is 0.681. The molecule has 2 aromatic rings. The van der Waals surface area contributed by atoms with Crippen molar-refractivity contribution in [2.24, 2.45) is 4.99 Å². The van der Waals surface area contributed by atoms with Crippen LogP contribution in [0.1, 0.15) is 55.6 Å². The molecule has 0 atom stereocenters. The van der Waals surface area contributed by atoms with E-state index in [9.17, 15) is 0 Å². The second kappa shape index (κ2) is 9.63. The summed E-state index contributed by atoms with van der Waals surface area (Å²) in [6, 6.07) is 10.4. The maximum atomic E-state index is 8.54. The van der Waals surface area contributed by atoms with Crippen LogP contribution in [0.4, 0.5) is 0 Å². The van der Waals surface area contributed by atoms with Gasteiger partial charge in [0, 0.05) is 30.1 Å². The zero-order valence-electron chi connectivity index (χ0n) is 15.8. The molecular weight excluding hydrogens is 336 g/mol. The van der Waals surface area contributed by atoms with Crippen LogP contribution >= 0.6 is 0 Å². The van der Waals surface area contributed by atoms with Crippen LogP contribution in [0.25, 0.3) is 6.08 Å². The Labute approximate surface area is 160 Å². The van der Waals surface area contributed by atoms with Gasteiger partial charge in [0.25, 0.3) is 0 Å². The van der Waals surface area contributed by atoms with Crippen LogP contribution in [-0.4, -0.2) is 22.8 Å². The Hall–Kier alpha value is -3.00. The fraction of sp³-hybridized carbons (Fsp3) is 0.364. The van der Waals surface area contributed by atoms with Crippen molar-refractivity contribution in [2.75, 3.05) is 7.11 Å². The van der Waals surface area contributed by atoms with Crippen LogP contribution in [0.5, 0.6) is 0 Å². The van der Waals surface area contributed by atoms with Crippen LogP contribution in [0.2, 0.25) is 0 Å². The van der Waals surface area contributed by atoms with Crippen LogP contribution in [0.15, 0.2) is 53.0 Å². The molecule has 3 rings (SSSR count). The lowest BCUT2D eigenvalue weighted by Gasteiger charge is -2.01. The Bertz CT molecular complexity index is 863. The van der Waals surface area contributed by atoms with Crippen molar-refractivity contribution in [3.8, 4) is 6.07 Å². The Balaban J connectivity index is 1.55. The van der Waals surface area contributed by atoms with Crippen molar-refractivity contribution < 1.29 is 4.74 Å². The van der Waals surface area contributed by atoms with Gasteiger partial charge in [-0.15, -0.1) is 0 Å². The summed E-state index contributed by atoms with van der Waals surface area (Å²) in [5.41, 5.74) is 4.97. The Kier molecular flexibility index (Phi) is 6.70. The lowest BCUT2D eigenvalue weighted by atomic mass is 10.1. The van der Waals surface area contributed by atoms with Gasteiger partial charge in [0.15, 0.2) is 0 Å². The molecule has 0 radical (unpaired) electrons.